The molecule has 7 heteroatoms. The summed E-state index contributed by atoms with van der Waals surface area (Å²) in [6, 6.07) is 11.5. The summed E-state index contributed by atoms with van der Waals surface area (Å²) in [7, 11) is 0. The molecule has 4 heterocycles. The molecule has 5 nitrogen and oxygen atoms in total. The highest BCUT2D eigenvalue weighted by Gasteiger charge is 2.17. The molecule has 0 unspecified atom stereocenters. The van der Waals surface area contributed by atoms with Crippen molar-refractivity contribution < 1.29 is 13.9 Å². The van der Waals surface area contributed by atoms with Crippen molar-refractivity contribution in [2.45, 2.75) is 6.54 Å². The van der Waals surface area contributed by atoms with E-state index >= 15 is 0 Å². The lowest BCUT2D eigenvalue weighted by Crippen LogP contribution is -2.04. The standard InChI is InChI=1S/C21H14F2N4O/c22-16-8-13(19-10-25-20-5-1-2-7-27(19)20)9-17(23)15(16)11-26-12-18-14(21(26)28)4-3-6-24-18/h1-10,12,28H,11H2. The van der Waals surface area contributed by atoms with Crippen LogP contribution in [-0.2, 0) is 6.54 Å². The number of aromatic nitrogens is 4. The SMILES string of the molecule is Oc1c2cccnc2cn1Cc1c(F)cc(-c2cnc3ccccn23)cc1F. The molecule has 1 N–H and O–H groups in total. The van der Waals surface area contributed by atoms with Crippen molar-refractivity contribution in [3.63, 3.8) is 0 Å². The molecular formula is C21H14F2N4O. The highest BCUT2D eigenvalue weighted by atomic mass is 19.1. The summed E-state index contributed by atoms with van der Waals surface area (Å²) in [5.74, 6) is -1.45. The molecule has 28 heavy (non-hydrogen) atoms. The predicted molar refractivity (Wildman–Crippen MR) is 101 cm³/mol. The summed E-state index contributed by atoms with van der Waals surface area (Å²) in [5.41, 5.74) is 2.11. The van der Waals surface area contributed by atoms with Crippen LogP contribution in [0.2, 0.25) is 0 Å². The monoisotopic (exact) mass is 376 g/mol. The molecule has 0 atom stereocenters. The fraction of sp³-hybridized carbons (Fsp3) is 0.0476. The topological polar surface area (TPSA) is 55.4 Å². The number of fused-ring (bicyclic) bond motifs is 2. The number of benzene rings is 1. The molecular weight excluding hydrogens is 362 g/mol. The van der Waals surface area contributed by atoms with Gasteiger partial charge in [0.15, 0.2) is 0 Å². The first-order valence-electron chi connectivity index (χ1n) is 8.65. The van der Waals surface area contributed by atoms with E-state index < -0.39 is 11.6 Å². The van der Waals surface area contributed by atoms with Crippen molar-refractivity contribution in [1.82, 2.24) is 18.9 Å². The zero-order valence-electron chi connectivity index (χ0n) is 14.5. The Balaban J connectivity index is 1.57. The van der Waals surface area contributed by atoms with Gasteiger partial charge in [-0.3, -0.25) is 9.38 Å². The molecule has 5 aromatic rings. The van der Waals surface area contributed by atoms with Gasteiger partial charge in [-0.15, -0.1) is 0 Å². The van der Waals surface area contributed by atoms with Gasteiger partial charge in [0.25, 0.3) is 0 Å². The molecule has 4 aromatic heterocycles. The fourth-order valence-corrected chi connectivity index (χ4v) is 3.41. The average Bonchev–Trinajstić information content (AvgIpc) is 3.26. The van der Waals surface area contributed by atoms with Crippen LogP contribution in [0.15, 0.2) is 67.3 Å². The summed E-state index contributed by atoms with van der Waals surface area (Å²) in [6.45, 7) is -0.146. The summed E-state index contributed by atoms with van der Waals surface area (Å²) in [5, 5.41) is 10.9. The normalized spacial score (nSPS) is 11.5. The molecule has 0 saturated heterocycles. The second-order valence-corrected chi connectivity index (χ2v) is 6.51. The minimum atomic E-state index is -0.689. The van der Waals surface area contributed by atoms with Crippen LogP contribution in [0, 0.1) is 11.6 Å². The molecule has 0 aliphatic rings. The molecule has 0 fully saturated rings. The van der Waals surface area contributed by atoms with Crippen LogP contribution in [0.1, 0.15) is 5.56 Å². The molecule has 0 bridgehead atoms. The van der Waals surface area contributed by atoms with E-state index in [1.165, 1.54) is 16.7 Å². The molecule has 0 saturated carbocycles. The third-order valence-corrected chi connectivity index (χ3v) is 4.81. The first kappa shape index (κ1) is 16.4. The Morgan fingerprint density at radius 1 is 1.00 bits per heavy atom. The lowest BCUT2D eigenvalue weighted by Gasteiger charge is -2.10. The van der Waals surface area contributed by atoms with Crippen molar-refractivity contribution >= 4 is 16.6 Å². The van der Waals surface area contributed by atoms with E-state index in [1.54, 1.807) is 41.3 Å². The van der Waals surface area contributed by atoms with Crippen LogP contribution in [-0.4, -0.2) is 24.0 Å². The Kier molecular flexibility index (Phi) is 3.61. The molecule has 5 rings (SSSR count). The van der Waals surface area contributed by atoms with Gasteiger partial charge in [-0.2, -0.15) is 0 Å². The number of aromatic hydroxyl groups is 1. The van der Waals surface area contributed by atoms with E-state index in [0.717, 1.165) is 0 Å². The maximum Gasteiger partial charge on any atom is 0.201 e. The van der Waals surface area contributed by atoms with E-state index in [2.05, 4.69) is 9.97 Å². The van der Waals surface area contributed by atoms with E-state index in [4.69, 9.17) is 0 Å². The van der Waals surface area contributed by atoms with Crippen LogP contribution < -0.4 is 0 Å². The van der Waals surface area contributed by atoms with Gasteiger partial charge in [-0.05, 0) is 36.4 Å². The summed E-state index contributed by atoms with van der Waals surface area (Å²) in [6.07, 6.45) is 6.54. The molecule has 138 valence electrons. The van der Waals surface area contributed by atoms with Gasteiger partial charge < -0.3 is 9.67 Å². The van der Waals surface area contributed by atoms with E-state index in [0.29, 0.717) is 27.8 Å². The maximum absolute atomic E-state index is 14.8. The Labute approximate surface area is 158 Å². The summed E-state index contributed by atoms with van der Waals surface area (Å²) in [4.78, 5) is 8.40. The quantitative estimate of drug-likeness (QED) is 0.508. The van der Waals surface area contributed by atoms with Crippen molar-refractivity contribution in [3.05, 3.63) is 84.4 Å². The van der Waals surface area contributed by atoms with Gasteiger partial charge in [-0.1, -0.05) is 6.07 Å². The number of hydrogen-bond donors (Lipinski definition) is 1. The van der Waals surface area contributed by atoms with Gasteiger partial charge in [0, 0.05) is 29.7 Å². The number of halogens is 2. The second-order valence-electron chi connectivity index (χ2n) is 6.51. The Hall–Kier alpha value is -3.74. The van der Waals surface area contributed by atoms with Gasteiger partial charge in [-0.25, -0.2) is 13.8 Å². The predicted octanol–water partition coefficient (Wildman–Crippen LogP) is 4.38. The van der Waals surface area contributed by atoms with Gasteiger partial charge in [0.2, 0.25) is 5.88 Å². The zero-order chi connectivity index (χ0) is 19.3. The van der Waals surface area contributed by atoms with E-state index in [-0.39, 0.29) is 18.0 Å². The second kappa shape index (κ2) is 6.16. The molecule has 0 aliphatic carbocycles. The third-order valence-electron chi connectivity index (χ3n) is 4.81. The van der Waals surface area contributed by atoms with Crippen LogP contribution in [0.4, 0.5) is 8.78 Å². The largest absolute Gasteiger partial charge is 0.494 e. The Morgan fingerprint density at radius 3 is 2.61 bits per heavy atom. The fourth-order valence-electron chi connectivity index (χ4n) is 3.41. The number of hydrogen-bond acceptors (Lipinski definition) is 3. The van der Waals surface area contributed by atoms with Crippen molar-refractivity contribution in [2.24, 2.45) is 0 Å². The lowest BCUT2D eigenvalue weighted by molar-refractivity contribution is 0.425. The Morgan fingerprint density at radius 2 is 1.82 bits per heavy atom. The third kappa shape index (κ3) is 2.51. The van der Waals surface area contributed by atoms with E-state index in [9.17, 15) is 13.9 Å². The lowest BCUT2D eigenvalue weighted by atomic mass is 10.1. The minimum absolute atomic E-state index is 0.0761. The van der Waals surface area contributed by atoms with Crippen LogP contribution in [0.5, 0.6) is 5.88 Å². The van der Waals surface area contributed by atoms with Crippen LogP contribution in [0.3, 0.4) is 0 Å². The number of nitrogens with zero attached hydrogens (tertiary/aromatic N) is 4. The van der Waals surface area contributed by atoms with Crippen LogP contribution >= 0.6 is 0 Å². The molecule has 0 spiro atoms. The Bertz CT molecular complexity index is 1320. The molecule has 0 aliphatic heterocycles. The first-order chi connectivity index (χ1) is 13.6. The van der Waals surface area contributed by atoms with Crippen molar-refractivity contribution in [3.8, 4) is 17.1 Å². The zero-order valence-corrected chi connectivity index (χ0v) is 14.5. The smallest absolute Gasteiger partial charge is 0.201 e. The number of imidazole rings is 1. The molecule has 0 amide bonds. The molecule has 1 aromatic carbocycles. The van der Waals surface area contributed by atoms with Crippen molar-refractivity contribution in [1.29, 1.82) is 0 Å². The molecule has 0 radical (unpaired) electrons. The van der Waals surface area contributed by atoms with Crippen LogP contribution in [0.25, 0.3) is 27.8 Å². The maximum atomic E-state index is 14.8. The highest BCUT2D eigenvalue weighted by Crippen LogP contribution is 2.29. The average molecular weight is 376 g/mol. The van der Waals surface area contributed by atoms with Gasteiger partial charge in [0.05, 0.1) is 29.3 Å². The summed E-state index contributed by atoms with van der Waals surface area (Å²) >= 11 is 0. The summed E-state index contributed by atoms with van der Waals surface area (Å²) < 4.78 is 32.7. The highest BCUT2D eigenvalue weighted by molar-refractivity contribution is 5.84. The van der Waals surface area contributed by atoms with Crippen molar-refractivity contribution in [2.75, 3.05) is 0 Å². The minimum Gasteiger partial charge on any atom is -0.494 e. The van der Waals surface area contributed by atoms with Gasteiger partial charge in [0.1, 0.15) is 17.3 Å². The number of pyridine rings is 2. The number of rotatable bonds is 3. The van der Waals surface area contributed by atoms with E-state index in [1.807, 2.05) is 18.2 Å². The van der Waals surface area contributed by atoms with Gasteiger partial charge >= 0.3 is 0 Å². The first-order valence-corrected chi connectivity index (χ1v) is 8.65.